The Kier molecular flexibility index (Phi) is 5.47. The zero-order valence-corrected chi connectivity index (χ0v) is 13.3. The summed E-state index contributed by atoms with van der Waals surface area (Å²) in [4.78, 5) is 35.5. The van der Waals surface area contributed by atoms with Gasteiger partial charge in [0.25, 0.3) is 11.6 Å². The average Bonchev–Trinajstić information content (AvgIpc) is 2.53. The second kappa shape index (κ2) is 7.37. The van der Waals surface area contributed by atoms with Crippen molar-refractivity contribution in [3.8, 4) is 0 Å². The third-order valence-electron chi connectivity index (χ3n) is 3.59. The smallest absolute Gasteiger partial charge is 0.335 e. The molecule has 1 aliphatic heterocycles. The quantitative estimate of drug-likeness (QED) is 0.632. The van der Waals surface area contributed by atoms with Crippen LogP contribution in [-0.2, 0) is 9.47 Å². The molecule has 0 aromatic heterocycles. The van der Waals surface area contributed by atoms with Crippen molar-refractivity contribution < 1.29 is 29.1 Å². The standard InChI is InChI=1S/C15H18N2O7/c1-9-6-16(7-13(24-9)8-23-2)14(18)10-3-11(15(19)20)5-12(4-10)17(21)22/h3-5,9,13H,6-8H2,1-2H3,(H,19,20). The molecule has 1 heterocycles. The van der Waals surface area contributed by atoms with Gasteiger partial charge in [0.05, 0.1) is 29.3 Å². The molecule has 9 nitrogen and oxygen atoms in total. The van der Waals surface area contributed by atoms with Crippen LogP contribution in [0.25, 0.3) is 0 Å². The minimum atomic E-state index is -1.33. The predicted molar refractivity (Wildman–Crippen MR) is 82.2 cm³/mol. The second-order valence-electron chi connectivity index (χ2n) is 5.57. The number of hydrogen-bond donors (Lipinski definition) is 1. The summed E-state index contributed by atoms with van der Waals surface area (Å²) in [6.07, 6.45) is -0.527. The van der Waals surface area contributed by atoms with Crippen molar-refractivity contribution in [3.05, 3.63) is 39.4 Å². The van der Waals surface area contributed by atoms with Gasteiger partial charge in [0, 0.05) is 37.9 Å². The molecule has 1 N–H and O–H groups in total. The van der Waals surface area contributed by atoms with Crippen molar-refractivity contribution in [2.75, 3.05) is 26.8 Å². The maximum atomic E-state index is 12.7. The Bertz CT molecular complexity index is 629. The zero-order valence-electron chi connectivity index (χ0n) is 13.3. The van der Waals surface area contributed by atoms with E-state index in [9.17, 15) is 19.7 Å². The molecule has 1 saturated heterocycles. The number of ether oxygens (including phenoxy) is 2. The van der Waals surface area contributed by atoms with Gasteiger partial charge in [-0.3, -0.25) is 14.9 Å². The lowest BCUT2D eigenvalue weighted by molar-refractivity contribution is -0.384. The van der Waals surface area contributed by atoms with Crippen molar-refractivity contribution in [2.24, 2.45) is 0 Å². The van der Waals surface area contributed by atoms with Gasteiger partial charge in [-0.25, -0.2) is 4.79 Å². The van der Waals surface area contributed by atoms with E-state index in [-0.39, 0.29) is 29.9 Å². The van der Waals surface area contributed by atoms with E-state index in [1.807, 2.05) is 0 Å². The molecule has 0 bridgehead atoms. The Labute approximate surface area is 137 Å². The first-order valence-corrected chi connectivity index (χ1v) is 7.28. The maximum absolute atomic E-state index is 12.7. The van der Waals surface area contributed by atoms with E-state index in [1.54, 1.807) is 6.92 Å². The molecule has 2 atom stereocenters. The normalized spacial score (nSPS) is 20.7. The highest BCUT2D eigenvalue weighted by atomic mass is 16.6. The van der Waals surface area contributed by atoms with Crippen LogP contribution in [0, 0.1) is 10.1 Å². The van der Waals surface area contributed by atoms with E-state index in [1.165, 1.54) is 12.0 Å². The number of aromatic carboxylic acids is 1. The molecule has 0 aliphatic carbocycles. The molecular weight excluding hydrogens is 320 g/mol. The molecular formula is C15H18N2O7. The summed E-state index contributed by atoms with van der Waals surface area (Å²) in [5.41, 5.74) is -0.776. The highest BCUT2D eigenvalue weighted by molar-refractivity contribution is 5.98. The van der Waals surface area contributed by atoms with Crippen LogP contribution in [0.4, 0.5) is 5.69 Å². The minimum Gasteiger partial charge on any atom is -0.478 e. The Morgan fingerprint density at radius 1 is 1.38 bits per heavy atom. The first kappa shape index (κ1) is 17.8. The number of nitrogens with zero attached hydrogens (tertiary/aromatic N) is 2. The number of rotatable bonds is 5. The molecule has 1 amide bonds. The number of carboxylic acid groups (broad SMARTS) is 1. The van der Waals surface area contributed by atoms with Gasteiger partial charge in [-0.15, -0.1) is 0 Å². The van der Waals surface area contributed by atoms with Gasteiger partial charge in [0.1, 0.15) is 0 Å². The summed E-state index contributed by atoms with van der Waals surface area (Å²) in [7, 11) is 1.52. The lowest BCUT2D eigenvalue weighted by Gasteiger charge is -2.36. The molecule has 0 saturated carbocycles. The molecule has 9 heteroatoms. The number of non-ortho nitro benzene ring substituents is 1. The molecule has 1 aromatic carbocycles. The number of methoxy groups -OCH3 is 1. The number of carbonyl (C=O) groups excluding carboxylic acids is 1. The van der Waals surface area contributed by atoms with E-state index in [0.717, 1.165) is 18.2 Å². The topological polar surface area (TPSA) is 119 Å². The van der Waals surface area contributed by atoms with Crippen LogP contribution >= 0.6 is 0 Å². The first-order chi connectivity index (χ1) is 11.3. The Hall–Kier alpha value is -2.52. The summed E-state index contributed by atoms with van der Waals surface area (Å²) >= 11 is 0. The lowest BCUT2D eigenvalue weighted by Crippen LogP contribution is -2.50. The van der Waals surface area contributed by atoms with Crippen LogP contribution in [-0.4, -0.2) is 65.8 Å². The number of nitro groups is 1. The highest BCUT2D eigenvalue weighted by Crippen LogP contribution is 2.21. The molecule has 1 fully saturated rings. The van der Waals surface area contributed by atoms with Crippen molar-refractivity contribution in [1.82, 2.24) is 4.90 Å². The van der Waals surface area contributed by atoms with Crippen LogP contribution in [0.15, 0.2) is 18.2 Å². The number of carbonyl (C=O) groups is 2. The molecule has 2 rings (SSSR count). The van der Waals surface area contributed by atoms with E-state index in [0.29, 0.717) is 13.2 Å². The van der Waals surface area contributed by atoms with Gasteiger partial charge < -0.3 is 19.5 Å². The molecule has 0 radical (unpaired) electrons. The van der Waals surface area contributed by atoms with Crippen LogP contribution in [0.1, 0.15) is 27.6 Å². The molecule has 24 heavy (non-hydrogen) atoms. The number of amides is 1. The number of hydrogen-bond acceptors (Lipinski definition) is 6. The largest absolute Gasteiger partial charge is 0.478 e. The summed E-state index contributed by atoms with van der Waals surface area (Å²) in [5.74, 6) is -1.81. The van der Waals surface area contributed by atoms with Gasteiger partial charge in [-0.05, 0) is 13.0 Å². The van der Waals surface area contributed by atoms with Crippen molar-refractivity contribution >= 4 is 17.6 Å². The third-order valence-corrected chi connectivity index (χ3v) is 3.59. The lowest BCUT2D eigenvalue weighted by atomic mass is 10.1. The fourth-order valence-corrected chi connectivity index (χ4v) is 2.64. The fourth-order valence-electron chi connectivity index (χ4n) is 2.64. The number of nitro benzene ring substituents is 1. The third kappa shape index (κ3) is 4.06. The number of benzene rings is 1. The number of carboxylic acids is 1. The van der Waals surface area contributed by atoms with Gasteiger partial charge in [-0.1, -0.05) is 0 Å². The van der Waals surface area contributed by atoms with Crippen molar-refractivity contribution in [3.63, 3.8) is 0 Å². The minimum absolute atomic E-state index is 0.0353. The van der Waals surface area contributed by atoms with Crippen molar-refractivity contribution in [1.29, 1.82) is 0 Å². The summed E-state index contributed by atoms with van der Waals surface area (Å²) in [6.45, 7) is 2.69. The Morgan fingerprint density at radius 3 is 2.62 bits per heavy atom. The van der Waals surface area contributed by atoms with E-state index >= 15 is 0 Å². The average molecular weight is 338 g/mol. The molecule has 2 unspecified atom stereocenters. The van der Waals surface area contributed by atoms with E-state index in [4.69, 9.17) is 14.6 Å². The first-order valence-electron chi connectivity index (χ1n) is 7.28. The molecule has 1 aromatic rings. The number of morpholine rings is 1. The van der Waals surface area contributed by atoms with E-state index < -0.39 is 22.5 Å². The van der Waals surface area contributed by atoms with Crippen molar-refractivity contribution in [2.45, 2.75) is 19.1 Å². The maximum Gasteiger partial charge on any atom is 0.335 e. The SMILES string of the molecule is COCC1CN(C(=O)c2cc(C(=O)O)cc([N+](=O)[O-])c2)CC(C)O1. The van der Waals surface area contributed by atoms with Crippen LogP contribution in [0.3, 0.4) is 0 Å². The van der Waals surface area contributed by atoms with Gasteiger partial charge in [0.15, 0.2) is 0 Å². The highest BCUT2D eigenvalue weighted by Gasteiger charge is 2.30. The predicted octanol–water partition coefficient (Wildman–Crippen LogP) is 1.17. The molecule has 130 valence electrons. The van der Waals surface area contributed by atoms with Gasteiger partial charge >= 0.3 is 5.97 Å². The summed E-state index contributed by atoms with van der Waals surface area (Å²) in [6, 6.07) is 3.15. The molecule has 0 spiro atoms. The Balaban J connectivity index is 2.31. The second-order valence-corrected chi connectivity index (χ2v) is 5.57. The summed E-state index contributed by atoms with van der Waals surface area (Å²) < 4.78 is 10.7. The Morgan fingerprint density at radius 2 is 2.04 bits per heavy atom. The van der Waals surface area contributed by atoms with Gasteiger partial charge in [-0.2, -0.15) is 0 Å². The van der Waals surface area contributed by atoms with Crippen LogP contribution in [0.5, 0.6) is 0 Å². The monoisotopic (exact) mass is 338 g/mol. The van der Waals surface area contributed by atoms with Gasteiger partial charge in [0.2, 0.25) is 0 Å². The van der Waals surface area contributed by atoms with E-state index in [2.05, 4.69) is 0 Å². The van der Waals surface area contributed by atoms with Crippen LogP contribution in [0.2, 0.25) is 0 Å². The fraction of sp³-hybridized carbons (Fsp3) is 0.467. The van der Waals surface area contributed by atoms with Crippen LogP contribution < -0.4 is 0 Å². The molecule has 1 aliphatic rings. The zero-order chi connectivity index (χ0) is 17.9. The summed E-state index contributed by atoms with van der Waals surface area (Å²) in [5, 5.41) is 20.0.